The van der Waals surface area contributed by atoms with E-state index in [-0.39, 0.29) is 6.04 Å². The first-order valence-corrected chi connectivity index (χ1v) is 12.5. The summed E-state index contributed by atoms with van der Waals surface area (Å²) in [5, 5.41) is 9.60. The predicted octanol–water partition coefficient (Wildman–Crippen LogP) is 4.89. The van der Waals surface area contributed by atoms with Gasteiger partial charge in [0.15, 0.2) is 0 Å². The fourth-order valence-corrected chi connectivity index (χ4v) is 4.73. The molecule has 0 amide bonds. The number of oxazole rings is 1. The fraction of sp³-hybridized carbons (Fsp3) is 0.310. The summed E-state index contributed by atoms with van der Waals surface area (Å²) in [5.74, 6) is 1.59. The van der Waals surface area contributed by atoms with E-state index in [4.69, 9.17) is 9.15 Å². The maximum Gasteiger partial charge on any atom is 0.308 e. The summed E-state index contributed by atoms with van der Waals surface area (Å²) in [6, 6.07) is 19.7. The van der Waals surface area contributed by atoms with Crippen molar-refractivity contribution in [3.05, 3.63) is 89.6 Å². The molecule has 4 aromatic rings. The highest BCUT2D eigenvalue weighted by Gasteiger charge is 2.37. The van der Waals surface area contributed by atoms with Crippen LogP contribution in [0.2, 0.25) is 0 Å². The minimum absolute atomic E-state index is 0.0172. The van der Waals surface area contributed by atoms with Gasteiger partial charge in [0.2, 0.25) is 11.8 Å². The molecule has 1 saturated heterocycles. The fourth-order valence-electron chi connectivity index (χ4n) is 4.73. The molecule has 1 aliphatic rings. The van der Waals surface area contributed by atoms with E-state index in [0.29, 0.717) is 44.3 Å². The van der Waals surface area contributed by atoms with Gasteiger partial charge in [0.05, 0.1) is 18.2 Å². The molecule has 0 unspecified atom stereocenters. The highest BCUT2D eigenvalue weighted by atomic mass is 16.5. The lowest BCUT2D eigenvalue weighted by Gasteiger charge is -2.24. The Kier molecular flexibility index (Phi) is 7.16. The minimum atomic E-state index is -0.776. The lowest BCUT2D eigenvalue weighted by atomic mass is 10.00. The van der Waals surface area contributed by atoms with Crippen LogP contribution in [0.25, 0.3) is 11.5 Å². The monoisotopic (exact) mass is 498 g/mol. The van der Waals surface area contributed by atoms with Crippen LogP contribution in [0.1, 0.15) is 29.1 Å². The van der Waals surface area contributed by atoms with Gasteiger partial charge in [-0.1, -0.05) is 30.3 Å². The van der Waals surface area contributed by atoms with E-state index in [0.717, 1.165) is 34.0 Å². The molecule has 1 aliphatic heterocycles. The van der Waals surface area contributed by atoms with Gasteiger partial charge in [-0.2, -0.15) is 0 Å². The molecule has 0 spiro atoms. The zero-order valence-corrected chi connectivity index (χ0v) is 21.0. The third-order valence-corrected chi connectivity index (χ3v) is 6.72. The molecule has 8 nitrogen and oxygen atoms in total. The first-order valence-electron chi connectivity index (χ1n) is 12.5. The molecule has 2 atom stereocenters. The van der Waals surface area contributed by atoms with Crippen molar-refractivity contribution in [3.63, 3.8) is 0 Å². The number of carboxylic acids is 1. The molecule has 1 fully saturated rings. The molecule has 5 rings (SSSR count). The van der Waals surface area contributed by atoms with Crippen molar-refractivity contribution in [2.75, 3.05) is 18.1 Å². The number of nitrogens with zero attached hydrogens (tertiary/aromatic N) is 4. The van der Waals surface area contributed by atoms with E-state index in [1.54, 1.807) is 6.20 Å². The second-order valence-corrected chi connectivity index (χ2v) is 9.41. The average molecular weight is 499 g/mol. The number of carbonyl (C=O) groups is 1. The summed E-state index contributed by atoms with van der Waals surface area (Å²) >= 11 is 0. The smallest absolute Gasteiger partial charge is 0.308 e. The van der Waals surface area contributed by atoms with E-state index in [1.165, 1.54) is 0 Å². The van der Waals surface area contributed by atoms with Gasteiger partial charge < -0.3 is 19.2 Å². The van der Waals surface area contributed by atoms with E-state index in [9.17, 15) is 9.90 Å². The van der Waals surface area contributed by atoms with Gasteiger partial charge in [-0.05, 0) is 62.6 Å². The Morgan fingerprint density at radius 1 is 1.08 bits per heavy atom. The summed E-state index contributed by atoms with van der Waals surface area (Å²) in [6.07, 6.45) is 3.64. The summed E-state index contributed by atoms with van der Waals surface area (Å²) in [4.78, 5) is 27.3. The molecule has 2 aromatic heterocycles. The summed E-state index contributed by atoms with van der Waals surface area (Å²) in [6.45, 7) is 4.74. The quantitative estimate of drug-likeness (QED) is 0.348. The van der Waals surface area contributed by atoms with Gasteiger partial charge in [0.1, 0.15) is 11.5 Å². The topological polar surface area (TPSA) is 102 Å². The first-order chi connectivity index (χ1) is 18.0. The Balaban J connectivity index is 1.19. The molecule has 2 aromatic carbocycles. The van der Waals surface area contributed by atoms with Crippen LogP contribution < -0.4 is 9.64 Å². The SMILES string of the molecule is Cc1ccnc(N2C[C@@H](C(=O)O)C[C@H]2Cc2ccc(OCCc3nc(-c4ccccc4)oc3C)cc2)n1. The summed E-state index contributed by atoms with van der Waals surface area (Å²) in [7, 11) is 0. The van der Waals surface area contributed by atoms with Crippen molar-refractivity contribution in [1.29, 1.82) is 0 Å². The summed E-state index contributed by atoms with van der Waals surface area (Å²) < 4.78 is 11.8. The normalized spacial score (nSPS) is 17.2. The Labute approximate surface area is 216 Å². The van der Waals surface area contributed by atoms with Crippen LogP contribution in [0.4, 0.5) is 5.95 Å². The Bertz CT molecular complexity index is 1350. The van der Waals surface area contributed by atoms with Crippen LogP contribution in [-0.2, 0) is 17.6 Å². The van der Waals surface area contributed by atoms with Crippen LogP contribution >= 0.6 is 0 Å². The van der Waals surface area contributed by atoms with E-state index in [1.807, 2.05) is 79.4 Å². The van der Waals surface area contributed by atoms with Gasteiger partial charge in [-0.25, -0.2) is 15.0 Å². The van der Waals surface area contributed by atoms with Gasteiger partial charge in [-0.3, -0.25) is 4.79 Å². The third-order valence-electron chi connectivity index (χ3n) is 6.72. The molecule has 1 N–H and O–H groups in total. The lowest BCUT2D eigenvalue weighted by Crippen LogP contribution is -2.33. The maximum absolute atomic E-state index is 11.7. The van der Waals surface area contributed by atoms with Crippen molar-refractivity contribution in [2.24, 2.45) is 5.92 Å². The Morgan fingerprint density at radius 2 is 1.86 bits per heavy atom. The molecule has 8 heteroatoms. The number of hydrogen-bond acceptors (Lipinski definition) is 7. The van der Waals surface area contributed by atoms with Crippen molar-refractivity contribution < 1.29 is 19.1 Å². The number of aromatic nitrogens is 3. The molecular weight excluding hydrogens is 468 g/mol. The van der Waals surface area contributed by atoms with Crippen LogP contribution in [-0.4, -0.2) is 45.2 Å². The standard InChI is InChI=1S/C29H30N4O4/c1-19-12-14-30-29(31-19)33-18-23(28(34)35)17-24(33)16-21-8-10-25(11-9-21)36-15-13-26-20(2)37-27(32-26)22-6-4-3-5-7-22/h3-12,14,23-24H,13,15-18H2,1-2H3,(H,34,35)/t23-,24+/m0/s1. The van der Waals surface area contributed by atoms with Crippen LogP contribution in [0.15, 0.2) is 71.3 Å². The lowest BCUT2D eigenvalue weighted by molar-refractivity contribution is -0.141. The highest BCUT2D eigenvalue weighted by molar-refractivity contribution is 5.72. The number of rotatable bonds is 9. The number of carboxylic acid groups (broad SMARTS) is 1. The second-order valence-electron chi connectivity index (χ2n) is 9.41. The zero-order chi connectivity index (χ0) is 25.8. The number of hydrogen-bond donors (Lipinski definition) is 1. The van der Waals surface area contributed by atoms with Crippen LogP contribution in [0.5, 0.6) is 5.75 Å². The van der Waals surface area contributed by atoms with E-state index >= 15 is 0 Å². The Hall–Kier alpha value is -4.20. The Morgan fingerprint density at radius 3 is 2.59 bits per heavy atom. The predicted molar refractivity (Wildman–Crippen MR) is 140 cm³/mol. The number of aliphatic carboxylic acids is 1. The molecule has 0 radical (unpaired) electrons. The molecular formula is C29H30N4O4. The number of benzene rings is 2. The molecule has 0 saturated carbocycles. The van der Waals surface area contributed by atoms with Crippen molar-refractivity contribution >= 4 is 11.9 Å². The van der Waals surface area contributed by atoms with Crippen molar-refractivity contribution in [1.82, 2.24) is 15.0 Å². The largest absolute Gasteiger partial charge is 0.493 e. The maximum atomic E-state index is 11.7. The van der Waals surface area contributed by atoms with Gasteiger partial charge in [0.25, 0.3) is 0 Å². The average Bonchev–Trinajstić information content (AvgIpc) is 3.49. The van der Waals surface area contributed by atoms with Crippen molar-refractivity contribution in [3.8, 4) is 17.2 Å². The summed E-state index contributed by atoms with van der Waals surface area (Å²) in [5.41, 5.74) is 3.82. The molecule has 190 valence electrons. The van der Waals surface area contributed by atoms with Crippen molar-refractivity contribution in [2.45, 2.75) is 39.2 Å². The first kappa shape index (κ1) is 24.5. The van der Waals surface area contributed by atoms with Crippen LogP contribution in [0, 0.1) is 19.8 Å². The van der Waals surface area contributed by atoms with E-state index < -0.39 is 11.9 Å². The van der Waals surface area contributed by atoms with Gasteiger partial charge >= 0.3 is 5.97 Å². The molecule has 0 aliphatic carbocycles. The number of ether oxygens (including phenoxy) is 1. The highest BCUT2D eigenvalue weighted by Crippen LogP contribution is 2.30. The van der Waals surface area contributed by atoms with Gasteiger partial charge in [0, 0.05) is 36.5 Å². The minimum Gasteiger partial charge on any atom is -0.493 e. The number of anilines is 1. The van der Waals surface area contributed by atoms with Crippen LogP contribution in [0.3, 0.4) is 0 Å². The van der Waals surface area contributed by atoms with Gasteiger partial charge in [-0.15, -0.1) is 0 Å². The molecule has 0 bridgehead atoms. The second kappa shape index (κ2) is 10.8. The number of aryl methyl sites for hydroxylation is 2. The molecule has 37 heavy (non-hydrogen) atoms. The van der Waals surface area contributed by atoms with E-state index in [2.05, 4.69) is 15.0 Å². The zero-order valence-electron chi connectivity index (χ0n) is 21.0. The molecule has 3 heterocycles. The third kappa shape index (κ3) is 5.80.